The van der Waals surface area contributed by atoms with Crippen molar-refractivity contribution in [3.8, 4) is 5.75 Å². The van der Waals surface area contributed by atoms with Gasteiger partial charge in [-0.05, 0) is 24.3 Å². The van der Waals surface area contributed by atoms with Gasteiger partial charge >= 0.3 is 0 Å². The van der Waals surface area contributed by atoms with Gasteiger partial charge in [0.1, 0.15) is 12.4 Å². The third kappa shape index (κ3) is 3.90. The third-order valence-corrected chi connectivity index (χ3v) is 3.57. The summed E-state index contributed by atoms with van der Waals surface area (Å²) in [5.41, 5.74) is -0.156. The Morgan fingerprint density at radius 2 is 2.26 bits per heavy atom. The second-order valence-corrected chi connectivity index (χ2v) is 5.26. The number of rotatable bonds is 8. The average molecular weight is 318 g/mol. The van der Waals surface area contributed by atoms with Crippen molar-refractivity contribution in [3.63, 3.8) is 0 Å². The first-order valence-corrected chi connectivity index (χ1v) is 7.55. The van der Waals surface area contributed by atoms with Crippen LogP contribution >= 0.6 is 0 Å². The van der Waals surface area contributed by atoms with E-state index in [4.69, 9.17) is 14.6 Å². The number of aliphatic hydroxyl groups excluding tert-OH is 1. The van der Waals surface area contributed by atoms with Crippen LogP contribution in [0.15, 0.2) is 41.9 Å². The van der Waals surface area contributed by atoms with Crippen molar-refractivity contribution in [3.05, 3.63) is 42.5 Å². The second-order valence-electron chi connectivity index (χ2n) is 5.26. The standard InChI is InChI=1S/C17H22N2O4/c1-3-9-17(16(21)18-2)12-23-15(19-17)13-5-7-14(8-6-13)22-11-4-10-20/h3,5-8,20H,1,4,9-12H2,2H3,(H,18,21)/t17-/m1/s1. The lowest BCUT2D eigenvalue weighted by Crippen LogP contribution is -2.44. The molecule has 23 heavy (non-hydrogen) atoms. The van der Waals surface area contributed by atoms with Crippen LogP contribution in [0.3, 0.4) is 0 Å². The molecular weight excluding hydrogens is 296 g/mol. The zero-order valence-corrected chi connectivity index (χ0v) is 13.2. The van der Waals surface area contributed by atoms with Crippen molar-refractivity contribution in [2.45, 2.75) is 18.4 Å². The smallest absolute Gasteiger partial charge is 0.251 e. The number of hydrogen-bond acceptors (Lipinski definition) is 5. The summed E-state index contributed by atoms with van der Waals surface area (Å²) in [6, 6.07) is 7.29. The molecule has 124 valence electrons. The van der Waals surface area contributed by atoms with Gasteiger partial charge in [0.05, 0.1) is 6.61 Å². The van der Waals surface area contributed by atoms with Gasteiger partial charge in [0.2, 0.25) is 5.90 Å². The van der Waals surface area contributed by atoms with E-state index in [9.17, 15) is 4.79 Å². The molecule has 1 amide bonds. The topological polar surface area (TPSA) is 80.2 Å². The number of carbonyl (C=O) groups is 1. The predicted octanol–water partition coefficient (Wildman–Crippen LogP) is 1.29. The van der Waals surface area contributed by atoms with Crippen molar-refractivity contribution in [2.24, 2.45) is 4.99 Å². The molecule has 1 heterocycles. The van der Waals surface area contributed by atoms with E-state index in [-0.39, 0.29) is 19.1 Å². The highest BCUT2D eigenvalue weighted by molar-refractivity contribution is 6.00. The van der Waals surface area contributed by atoms with E-state index in [0.717, 1.165) is 5.56 Å². The molecule has 1 aliphatic heterocycles. The summed E-state index contributed by atoms with van der Waals surface area (Å²) in [4.78, 5) is 16.6. The number of likely N-dealkylation sites (N-methyl/N-ethyl adjacent to an activating group) is 1. The lowest BCUT2D eigenvalue weighted by molar-refractivity contribution is -0.126. The Bertz CT molecular complexity index is 583. The molecule has 0 spiro atoms. The van der Waals surface area contributed by atoms with Crippen LogP contribution in [-0.2, 0) is 9.53 Å². The van der Waals surface area contributed by atoms with E-state index in [1.165, 1.54) is 0 Å². The summed E-state index contributed by atoms with van der Waals surface area (Å²) in [7, 11) is 1.58. The van der Waals surface area contributed by atoms with Crippen LogP contribution < -0.4 is 10.1 Å². The average Bonchev–Trinajstić information content (AvgIpc) is 3.01. The van der Waals surface area contributed by atoms with Gasteiger partial charge in [-0.25, -0.2) is 4.99 Å². The minimum atomic E-state index is -0.942. The Hall–Kier alpha value is -2.34. The molecule has 0 fully saturated rings. The van der Waals surface area contributed by atoms with Crippen LogP contribution in [0.25, 0.3) is 0 Å². The van der Waals surface area contributed by atoms with Gasteiger partial charge in [-0.15, -0.1) is 6.58 Å². The largest absolute Gasteiger partial charge is 0.494 e. The first-order valence-electron chi connectivity index (χ1n) is 7.55. The molecular formula is C17H22N2O4. The zero-order valence-electron chi connectivity index (χ0n) is 13.2. The van der Waals surface area contributed by atoms with E-state index >= 15 is 0 Å². The highest BCUT2D eigenvalue weighted by Gasteiger charge is 2.42. The molecule has 1 aromatic carbocycles. The number of hydrogen-bond donors (Lipinski definition) is 2. The monoisotopic (exact) mass is 318 g/mol. The molecule has 0 aromatic heterocycles. The number of ether oxygens (including phenoxy) is 2. The summed E-state index contributed by atoms with van der Waals surface area (Å²) in [5, 5.41) is 11.4. The summed E-state index contributed by atoms with van der Waals surface area (Å²) in [6.45, 7) is 4.46. The molecule has 1 aliphatic rings. The van der Waals surface area contributed by atoms with Crippen LogP contribution in [0.5, 0.6) is 5.75 Å². The van der Waals surface area contributed by atoms with Crippen LogP contribution in [0.4, 0.5) is 0 Å². The number of nitrogens with one attached hydrogen (secondary N) is 1. The van der Waals surface area contributed by atoms with Crippen LogP contribution in [0.1, 0.15) is 18.4 Å². The van der Waals surface area contributed by atoms with Gasteiger partial charge in [-0.1, -0.05) is 6.08 Å². The Kier molecular flexibility index (Phi) is 5.76. The summed E-state index contributed by atoms with van der Waals surface area (Å²) in [5.74, 6) is 0.971. The van der Waals surface area contributed by atoms with Gasteiger partial charge in [0.25, 0.3) is 5.91 Å². The second kappa shape index (κ2) is 7.78. The Balaban J connectivity index is 2.13. The number of nitrogens with zero attached hydrogens (tertiary/aromatic N) is 1. The Labute approximate surface area is 135 Å². The van der Waals surface area contributed by atoms with Gasteiger partial charge in [-0.3, -0.25) is 4.79 Å². The minimum Gasteiger partial charge on any atom is -0.494 e. The maximum atomic E-state index is 12.1. The maximum Gasteiger partial charge on any atom is 0.251 e. The fraction of sp³-hybridized carbons (Fsp3) is 0.412. The Morgan fingerprint density at radius 1 is 1.52 bits per heavy atom. The molecule has 1 aromatic rings. The van der Waals surface area contributed by atoms with E-state index in [0.29, 0.717) is 31.1 Å². The molecule has 0 unspecified atom stereocenters. The molecule has 0 bridgehead atoms. The fourth-order valence-corrected chi connectivity index (χ4v) is 2.33. The third-order valence-electron chi connectivity index (χ3n) is 3.57. The van der Waals surface area contributed by atoms with Gasteiger partial charge < -0.3 is 19.9 Å². The predicted molar refractivity (Wildman–Crippen MR) is 87.7 cm³/mol. The zero-order chi connectivity index (χ0) is 16.7. The Morgan fingerprint density at radius 3 is 2.87 bits per heavy atom. The van der Waals surface area contributed by atoms with E-state index in [2.05, 4.69) is 16.9 Å². The van der Waals surface area contributed by atoms with Crippen LogP contribution in [0.2, 0.25) is 0 Å². The molecule has 0 radical (unpaired) electrons. The first kappa shape index (κ1) is 17.0. The number of aliphatic hydroxyl groups is 1. The molecule has 0 saturated carbocycles. The van der Waals surface area contributed by atoms with Gasteiger partial charge in [0, 0.05) is 32.1 Å². The van der Waals surface area contributed by atoms with Crippen molar-refractivity contribution in [1.29, 1.82) is 0 Å². The summed E-state index contributed by atoms with van der Waals surface area (Å²) in [6.07, 6.45) is 2.68. The number of aliphatic imine (C=N–C) groups is 1. The van der Waals surface area contributed by atoms with Crippen molar-refractivity contribution >= 4 is 11.8 Å². The maximum absolute atomic E-state index is 12.1. The molecule has 0 saturated heterocycles. The van der Waals surface area contributed by atoms with Crippen LogP contribution in [0, 0.1) is 0 Å². The summed E-state index contributed by atoms with van der Waals surface area (Å²) < 4.78 is 11.1. The molecule has 2 rings (SSSR count). The van der Waals surface area contributed by atoms with Gasteiger partial charge in [-0.2, -0.15) is 0 Å². The number of carbonyl (C=O) groups excluding carboxylic acids is 1. The van der Waals surface area contributed by atoms with Crippen molar-refractivity contribution < 1.29 is 19.4 Å². The van der Waals surface area contributed by atoms with Crippen LogP contribution in [-0.4, -0.2) is 49.3 Å². The summed E-state index contributed by atoms with van der Waals surface area (Å²) >= 11 is 0. The molecule has 2 N–H and O–H groups in total. The quantitative estimate of drug-likeness (QED) is 0.559. The molecule has 1 atom stereocenters. The van der Waals surface area contributed by atoms with Crippen molar-refractivity contribution in [2.75, 3.05) is 26.9 Å². The van der Waals surface area contributed by atoms with Crippen molar-refractivity contribution in [1.82, 2.24) is 5.32 Å². The first-order chi connectivity index (χ1) is 11.1. The highest BCUT2D eigenvalue weighted by atomic mass is 16.5. The molecule has 6 nitrogen and oxygen atoms in total. The van der Waals surface area contributed by atoms with E-state index in [1.54, 1.807) is 13.1 Å². The number of amides is 1. The SMILES string of the molecule is C=CC[C@]1(C(=O)NC)COC(c2ccc(OCCCO)cc2)=N1. The minimum absolute atomic E-state index is 0.105. The lowest BCUT2D eigenvalue weighted by Gasteiger charge is -2.19. The normalized spacial score (nSPS) is 19.7. The van der Waals surface area contributed by atoms with Gasteiger partial charge in [0.15, 0.2) is 5.54 Å². The van der Waals surface area contributed by atoms with E-state index in [1.807, 2.05) is 24.3 Å². The number of benzene rings is 1. The molecule has 0 aliphatic carbocycles. The fourth-order valence-electron chi connectivity index (χ4n) is 2.33. The highest BCUT2D eigenvalue weighted by Crippen LogP contribution is 2.27. The lowest BCUT2D eigenvalue weighted by atomic mass is 9.96. The van der Waals surface area contributed by atoms with E-state index < -0.39 is 5.54 Å². The molecule has 6 heteroatoms.